The monoisotopic (exact) mass is 437 g/mol. The van der Waals surface area contributed by atoms with Crippen LogP contribution < -0.4 is 5.43 Å². The average molecular weight is 438 g/mol. The van der Waals surface area contributed by atoms with Crippen LogP contribution >= 0.6 is 0 Å². The highest BCUT2D eigenvalue weighted by Crippen LogP contribution is 2.14. The summed E-state index contributed by atoms with van der Waals surface area (Å²) in [5, 5.41) is 1.91. The first kappa shape index (κ1) is 27.9. The van der Waals surface area contributed by atoms with Gasteiger partial charge in [0.25, 0.3) is 0 Å². The minimum atomic E-state index is 0.0924. The van der Waals surface area contributed by atoms with E-state index in [1.807, 2.05) is 9.91 Å². The molecule has 0 atom stereocenters. The van der Waals surface area contributed by atoms with Crippen molar-refractivity contribution in [3.8, 4) is 0 Å². The van der Waals surface area contributed by atoms with Crippen LogP contribution in [0.15, 0.2) is 0 Å². The third-order valence-electron chi connectivity index (χ3n) is 6.30. The Hall–Kier alpha value is -1.10. The number of carbonyl (C=O) groups excluding carboxylic acids is 2. The summed E-state index contributed by atoms with van der Waals surface area (Å²) in [4.78, 5) is 25.9. The van der Waals surface area contributed by atoms with E-state index in [1.165, 1.54) is 83.5 Å². The lowest BCUT2D eigenvalue weighted by atomic mass is 10.0. The zero-order chi connectivity index (χ0) is 22.6. The molecular weight excluding hydrogens is 386 g/mol. The number of likely N-dealkylation sites (tertiary alicyclic amines) is 1. The Bertz CT molecular complexity index is 456. The second kappa shape index (κ2) is 19.6. The Kier molecular flexibility index (Phi) is 17.6. The molecule has 1 rings (SSSR count). The summed E-state index contributed by atoms with van der Waals surface area (Å²) < 4.78 is 0. The minimum Gasteiger partial charge on any atom is -0.328 e. The standard InChI is InChI=1S/C26H51N3O2/c1-3-5-6-7-8-9-10-11-12-13-14-15-16-17-18-20-25(30)27-29(22-4-2)24-28-23-19-21-26(28)31/h3-24H2,1-2H3,(H,27,30). The number of nitrogens with zero attached hydrogens (tertiary/aromatic N) is 2. The van der Waals surface area contributed by atoms with Gasteiger partial charge < -0.3 is 4.90 Å². The Balaban J connectivity index is 1.91. The number of hydrogen-bond donors (Lipinski definition) is 1. The molecule has 1 N–H and O–H groups in total. The Labute approximate surface area is 192 Å². The molecule has 0 saturated carbocycles. The van der Waals surface area contributed by atoms with Gasteiger partial charge in [-0.1, -0.05) is 104 Å². The van der Waals surface area contributed by atoms with Crippen LogP contribution in [0.1, 0.15) is 136 Å². The van der Waals surface area contributed by atoms with E-state index in [-0.39, 0.29) is 11.8 Å². The van der Waals surface area contributed by atoms with Crippen LogP contribution in [0.2, 0.25) is 0 Å². The predicted molar refractivity (Wildman–Crippen MR) is 130 cm³/mol. The molecular formula is C26H51N3O2. The van der Waals surface area contributed by atoms with Gasteiger partial charge in [0.05, 0.1) is 6.67 Å². The Morgan fingerprint density at radius 2 is 1.32 bits per heavy atom. The van der Waals surface area contributed by atoms with Gasteiger partial charge in [-0.2, -0.15) is 0 Å². The Morgan fingerprint density at radius 1 is 0.806 bits per heavy atom. The summed E-state index contributed by atoms with van der Waals surface area (Å²) in [6, 6.07) is 0. The summed E-state index contributed by atoms with van der Waals surface area (Å²) in [5.41, 5.74) is 3.02. The van der Waals surface area contributed by atoms with E-state index in [9.17, 15) is 9.59 Å². The molecule has 5 heteroatoms. The number of nitrogens with one attached hydrogen (secondary N) is 1. The SMILES string of the molecule is CCCCCCCCCCCCCCCCCC(=O)NN(CCC)CN1CCCC1=O. The molecule has 1 aliphatic heterocycles. The average Bonchev–Trinajstić information content (AvgIpc) is 3.15. The summed E-state index contributed by atoms with van der Waals surface area (Å²) in [5.74, 6) is 0.299. The molecule has 0 unspecified atom stereocenters. The maximum atomic E-state index is 12.3. The molecule has 1 fully saturated rings. The van der Waals surface area contributed by atoms with Crippen LogP contribution in [0.5, 0.6) is 0 Å². The first-order valence-corrected chi connectivity index (χ1v) is 13.5. The van der Waals surface area contributed by atoms with Crippen molar-refractivity contribution in [1.29, 1.82) is 0 Å². The fourth-order valence-corrected chi connectivity index (χ4v) is 4.38. The molecule has 182 valence electrons. The van der Waals surface area contributed by atoms with E-state index >= 15 is 0 Å². The third kappa shape index (κ3) is 15.4. The highest BCUT2D eigenvalue weighted by molar-refractivity contribution is 5.78. The lowest BCUT2D eigenvalue weighted by Gasteiger charge is -2.27. The van der Waals surface area contributed by atoms with Gasteiger partial charge >= 0.3 is 0 Å². The molecule has 5 nitrogen and oxygen atoms in total. The molecule has 0 radical (unpaired) electrons. The number of rotatable bonds is 21. The van der Waals surface area contributed by atoms with Crippen LogP contribution in [0.4, 0.5) is 0 Å². The van der Waals surface area contributed by atoms with Gasteiger partial charge in [-0.25, -0.2) is 5.01 Å². The number of unbranched alkanes of at least 4 members (excludes halogenated alkanes) is 14. The summed E-state index contributed by atoms with van der Waals surface area (Å²) in [6.45, 7) is 6.50. The number of hydrogen-bond acceptors (Lipinski definition) is 3. The van der Waals surface area contributed by atoms with Crippen LogP contribution in [0.25, 0.3) is 0 Å². The van der Waals surface area contributed by atoms with Crippen molar-refractivity contribution >= 4 is 11.8 Å². The largest absolute Gasteiger partial charge is 0.328 e. The van der Waals surface area contributed by atoms with Gasteiger partial charge in [0, 0.05) is 25.9 Å². The highest BCUT2D eigenvalue weighted by atomic mass is 16.2. The van der Waals surface area contributed by atoms with E-state index in [1.54, 1.807) is 0 Å². The topological polar surface area (TPSA) is 52.7 Å². The fourth-order valence-electron chi connectivity index (χ4n) is 4.38. The minimum absolute atomic E-state index is 0.0924. The van der Waals surface area contributed by atoms with Crippen molar-refractivity contribution in [2.75, 3.05) is 19.8 Å². The maximum Gasteiger partial charge on any atom is 0.234 e. The smallest absolute Gasteiger partial charge is 0.234 e. The van der Waals surface area contributed by atoms with Crippen molar-refractivity contribution < 1.29 is 9.59 Å². The normalized spacial score (nSPS) is 14.0. The third-order valence-corrected chi connectivity index (χ3v) is 6.30. The molecule has 0 bridgehead atoms. The van der Waals surface area contributed by atoms with Gasteiger partial charge in [-0.3, -0.25) is 15.0 Å². The number of carbonyl (C=O) groups is 2. The lowest BCUT2D eigenvalue weighted by molar-refractivity contribution is -0.134. The van der Waals surface area contributed by atoms with Crippen molar-refractivity contribution in [1.82, 2.24) is 15.3 Å². The molecule has 1 aliphatic rings. The summed E-state index contributed by atoms with van der Waals surface area (Å²) in [7, 11) is 0. The van der Waals surface area contributed by atoms with Crippen molar-refractivity contribution in [2.45, 2.75) is 136 Å². The first-order valence-electron chi connectivity index (χ1n) is 13.5. The van der Waals surface area contributed by atoms with Gasteiger partial charge in [0.2, 0.25) is 11.8 Å². The first-order chi connectivity index (χ1) is 15.2. The van der Waals surface area contributed by atoms with E-state index in [4.69, 9.17) is 0 Å². The van der Waals surface area contributed by atoms with Gasteiger partial charge in [0.1, 0.15) is 0 Å². The van der Waals surface area contributed by atoms with Crippen molar-refractivity contribution in [2.24, 2.45) is 0 Å². The Morgan fingerprint density at radius 3 is 1.77 bits per heavy atom. The predicted octanol–water partition coefficient (Wildman–Crippen LogP) is 6.57. The van der Waals surface area contributed by atoms with Gasteiger partial charge in [-0.05, 0) is 19.3 Å². The zero-order valence-corrected chi connectivity index (χ0v) is 20.8. The summed E-state index contributed by atoms with van der Waals surface area (Å²) in [6.07, 6.45) is 23.2. The van der Waals surface area contributed by atoms with E-state index in [2.05, 4.69) is 19.3 Å². The van der Waals surface area contributed by atoms with E-state index in [0.29, 0.717) is 19.5 Å². The van der Waals surface area contributed by atoms with Crippen molar-refractivity contribution in [3.05, 3.63) is 0 Å². The molecule has 0 aromatic carbocycles. The lowest BCUT2D eigenvalue weighted by Crippen LogP contribution is -2.49. The molecule has 1 heterocycles. The molecule has 2 amide bonds. The van der Waals surface area contributed by atoms with E-state index < -0.39 is 0 Å². The quantitative estimate of drug-likeness (QED) is 0.163. The second-order valence-electron chi connectivity index (χ2n) is 9.40. The zero-order valence-electron chi connectivity index (χ0n) is 20.8. The summed E-state index contributed by atoms with van der Waals surface area (Å²) >= 11 is 0. The molecule has 0 aliphatic carbocycles. The van der Waals surface area contributed by atoms with Crippen LogP contribution in [0.3, 0.4) is 0 Å². The van der Waals surface area contributed by atoms with Crippen molar-refractivity contribution in [3.63, 3.8) is 0 Å². The molecule has 0 aromatic rings. The fraction of sp³-hybridized carbons (Fsp3) is 0.923. The molecule has 1 saturated heterocycles. The molecule has 0 aromatic heterocycles. The van der Waals surface area contributed by atoms with Gasteiger partial charge in [-0.15, -0.1) is 0 Å². The molecule has 0 spiro atoms. The van der Waals surface area contributed by atoms with Crippen LogP contribution in [0, 0.1) is 0 Å². The second-order valence-corrected chi connectivity index (χ2v) is 9.40. The van der Waals surface area contributed by atoms with Crippen LogP contribution in [-0.2, 0) is 9.59 Å². The van der Waals surface area contributed by atoms with Gasteiger partial charge in [0.15, 0.2) is 0 Å². The molecule has 31 heavy (non-hydrogen) atoms. The number of amides is 2. The van der Waals surface area contributed by atoms with E-state index in [0.717, 1.165) is 38.8 Å². The highest BCUT2D eigenvalue weighted by Gasteiger charge is 2.22. The number of hydrazine groups is 1. The maximum absolute atomic E-state index is 12.3. The van der Waals surface area contributed by atoms with Crippen LogP contribution in [-0.4, -0.2) is 41.5 Å².